The van der Waals surface area contributed by atoms with Crippen molar-refractivity contribution in [1.29, 1.82) is 0 Å². The molecule has 0 spiro atoms. The van der Waals surface area contributed by atoms with Crippen molar-refractivity contribution in [3.63, 3.8) is 0 Å². The van der Waals surface area contributed by atoms with Gasteiger partial charge in [0.05, 0.1) is 12.2 Å². The fraction of sp³-hybridized carbons (Fsp3) is 0.250. The first-order chi connectivity index (χ1) is 4.33. The summed E-state index contributed by atoms with van der Waals surface area (Å²) in [7, 11) is 0. The summed E-state index contributed by atoms with van der Waals surface area (Å²) in [5, 5.41) is 6.60. The molecule has 0 saturated carbocycles. The van der Waals surface area contributed by atoms with E-state index < -0.39 is 0 Å². The molecule has 0 saturated heterocycles. The van der Waals surface area contributed by atoms with Crippen LogP contribution in [0.2, 0.25) is 0 Å². The standard InChI is InChI=1S/C4H7BrN4/c5-4-1-3(2-7-6)8-9-4/h1,7H,2,6H2,(H,8,9). The molecule has 4 N–H and O–H groups in total. The van der Waals surface area contributed by atoms with Gasteiger partial charge in [0.25, 0.3) is 0 Å². The van der Waals surface area contributed by atoms with Crippen molar-refractivity contribution < 1.29 is 0 Å². The first-order valence-electron chi connectivity index (χ1n) is 2.46. The molecule has 50 valence electrons. The van der Waals surface area contributed by atoms with Crippen LogP contribution in [-0.2, 0) is 6.54 Å². The molecule has 0 aliphatic heterocycles. The quantitative estimate of drug-likeness (QED) is 0.460. The number of hydrogen-bond acceptors (Lipinski definition) is 3. The lowest BCUT2D eigenvalue weighted by Crippen LogP contribution is -2.20. The van der Waals surface area contributed by atoms with Crippen LogP contribution < -0.4 is 11.3 Å². The highest BCUT2D eigenvalue weighted by atomic mass is 79.9. The Balaban J connectivity index is 2.61. The van der Waals surface area contributed by atoms with Gasteiger partial charge in [-0.15, -0.1) is 0 Å². The molecule has 1 rings (SSSR count). The number of nitrogens with two attached hydrogens (primary N) is 1. The van der Waals surface area contributed by atoms with E-state index in [-0.39, 0.29) is 0 Å². The number of hydrogen-bond donors (Lipinski definition) is 3. The van der Waals surface area contributed by atoms with E-state index >= 15 is 0 Å². The highest BCUT2D eigenvalue weighted by Gasteiger charge is 1.93. The Morgan fingerprint density at radius 2 is 2.67 bits per heavy atom. The van der Waals surface area contributed by atoms with E-state index in [1.54, 1.807) is 0 Å². The van der Waals surface area contributed by atoms with Crippen molar-refractivity contribution in [3.05, 3.63) is 16.4 Å². The maximum Gasteiger partial charge on any atom is 0.128 e. The summed E-state index contributed by atoms with van der Waals surface area (Å²) < 4.78 is 0.799. The molecule has 0 aromatic carbocycles. The van der Waals surface area contributed by atoms with Gasteiger partial charge in [0.15, 0.2) is 0 Å². The average molecular weight is 191 g/mol. The number of rotatable bonds is 2. The lowest BCUT2D eigenvalue weighted by atomic mass is 10.4. The van der Waals surface area contributed by atoms with Gasteiger partial charge in [-0.05, 0) is 22.0 Å². The van der Waals surface area contributed by atoms with Crippen LogP contribution in [0, 0.1) is 0 Å². The Kier molecular flexibility index (Phi) is 2.21. The van der Waals surface area contributed by atoms with Crippen LogP contribution in [0.3, 0.4) is 0 Å². The SMILES string of the molecule is NNCc1cc(Br)n[nH]1. The van der Waals surface area contributed by atoms with Crippen molar-refractivity contribution in [2.75, 3.05) is 0 Å². The van der Waals surface area contributed by atoms with Crippen molar-refractivity contribution in [1.82, 2.24) is 15.6 Å². The Morgan fingerprint density at radius 3 is 3.11 bits per heavy atom. The summed E-state index contributed by atoms with van der Waals surface area (Å²) in [4.78, 5) is 0. The van der Waals surface area contributed by atoms with E-state index in [0.29, 0.717) is 6.54 Å². The maximum atomic E-state index is 5.06. The summed E-state index contributed by atoms with van der Waals surface area (Å²) in [6.45, 7) is 0.610. The summed E-state index contributed by atoms with van der Waals surface area (Å²) in [5.74, 6) is 5.06. The first kappa shape index (κ1) is 6.73. The molecule has 1 heterocycles. The molecule has 0 fully saturated rings. The highest BCUT2D eigenvalue weighted by molar-refractivity contribution is 9.10. The van der Waals surface area contributed by atoms with E-state index in [1.165, 1.54) is 0 Å². The van der Waals surface area contributed by atoms with Crippen molar-refractivity contribution in [2.24, 2.45) is 5.84 Å². The van der Waals surface area contributed by atoms with Crippen molar-refractivity contribution in [2.45, 2.75) is 6.54 Å². The largest absolute Gasteiger partial charge is 0.280 e. The predicted octanol–water partition coefficient (Wildman–Crippen LogP) is 0.135. The molecule has 0 unspecified atom stereocenters. The normalized spacial score (nSPS) is 10.0. The third-order valence-corrected chi connectivity index (χ3v) is 1.30. The topological polar surface area (TPSA) is 66.7 Å². The van der Waals surface area contributed by atoms with E-state index in [1.807, 2.05) is 6.07 Å². The third kappa shape index (κ3) is 1.78. The Hall–Kier alpha value is -0.390. The molecule has 0 aliphatic carbocycles. The lowest BCUT2D eigenvalue weighted by Gasteiger charge is -1.89. The fourth-order valence-corrected chi connectivity index (χ4v) is 0.899. The van der Waals surface area contributed by atoms with Gasteiger partial charge >= 0.3 is 0 Å². The van der Waals surface area contributed by atoms with Gasteiger partial charge < -0.3 is 0 Å². The second kappa shape index (κ2) is 2.95. The smallest absolute Gasteiger partial charge is 0.128 e. The number of halogens is 1. The number of nitrogens with zero attached hydrogens (tertiary/aromatic N) is 1. The lowest BCUT2D eigenvalue weighted by molar-refractivity contribution is 0.719. The Morgan fingerprint density at radius 1 is 1.89 bits per heavy atom. The zero-order chi connectivity index (χ0) is 6.69. The van der Waals surface area contributed by atoms with E-state index in [9.17, 15) is 0 Å². The van der Waals surface area contributed by atoms with Gasteiger partial charge in [0, 0.05) is 0 Å². The summed E-state index contributed by atoms with van der Waals surface area (Å²) in [6.07, 6.45) is 0. The van der Waals surface area contributed by atoms with Crippen LogP contribution in [0.5, 0.6) is 0 Å². The Bertz CT molecular complexity index is 184. The third-order valence-electron chi connectivity index (χ3n) is 0.892. The average Bonchev–Trinajstić information content (AvgIpc) is 2.17. The number of H-pyrrole nitrogens is 1. The minimum atomic E-state index is 0.610. The van der Waals surface area contributed by atoms with Gasteiger partial charge in [-0.1, -0.05) is 0 Å². The molecule has 1 aromatic rings. The van der Waals surface area contributed by atoms with E-state index in [4.69, 9.17) is 5.84 Å². The zero-order valence-corrected chi connectivity index (χ0v) is 6.27. The second-order valence-electron chi connectivity index (χ2n) is 1.60. The molecule has 1 aromatic heterocycles. The zero-order valence-electron chi connectivity index (χ0n) is 4.69. The molecule has 0 amide bonds. The highest BCUT2D eigenvalue weighted by Crippen LogP contribution is 2.05. The fourth-order valence-electron chi connectivity index (χ4n) is 0.534. The Labute approximate surface area is 60.9 Å². The van der Waals surface area contributed by atoms with Crippen LogP contribution >= 0.6 is 15.9 Å². The van der Waals surface area contributed by atoms with Gasteiger partial charge in [-0.2, -0.15) is 5.10 Å². The van der Waals surface area contributed by atoms with Crippen molar-refractivity contribution in [3.8, 4) is 0 Å². The van der Waals surface area contributed by atoms with Crippen LogP contribution in [0.4, 0.5) is 0 Å². The summed E-state index contributed by atoms with van der Waals surface area (Å²) in [6, 6.07) is 1.86. The number of aromatic nitrogens is 2. The van der Waals surface area contributed by atoms with Gasteiger partial charge in [0.1, 0.15) is 4.60 Å². The molecular weight excluding hydrogens is 184 g/mol. The van der Waals surface area contributed by atoms with Crippen LogP contribution in [-0.4, -0.2) is 10.2 Å². The second-order valence-corrected chi connectivity index (χ2v) is 2.41. The van der Waals surface area contributed by atoms with Crippen LogP contribution in [0.25, 0.3) is 0 Å². The number of aromatic amines is 1. The minimum absolute atomic E-state index is 0.610. The molecular formula is C4H7BrN4. The molecule has 9 heavy (non-hydrogen) atoms. The van der Waals surface area contributed by atoms with E-state index in [2.05, 4.69) is 31.6 Å². The van der Waals surface area contributed by atoms with Crippen LogP contribution in [0.1, 0.15) is 5.69 Å². The maximum absolute atomic E-state index is 5.06. The number of nitrogens with one attached hydrogen (secondary N) is 2. The van der Waals surface area contributed by atoms with Gasteiger partial charge in [0.2, 0.25) is 0 Å². The van der Waals surface area contributed by atoms with E-state index in [0.717, 1.165) is 10.3 Å². The summed E-state index contributed by atoms with van der Waals surface area (Å²) in [5.41, 5.74) is 3.47. The molecule has 0 bridgehead atoms. The van der Waals surface area contributed by atoms with Crippen molar-refractivity contribution >= 4 is 15.9 Å². The first-order valence-corrected chi connectivity index (χ1v) is 3.25. The molecule has 0 radical (unpaired) electrons. The van der Waals surface area contributed by atoms with Gasteiger partial charge in [-0.25, -0.2) is 0 Å². The molecule has 5 heteroatoms. The monoisotopic (exact) mass is 190 g/mol. The van der Waals surface area contributed by atoms with Crippen LogP contribution in [0.15, 0.2) is 10.7 Å². The molecule has 0 atom stereocenters. The predicted molar refractivity (Wildman–Crippen MR) is 37.3 cm³/mol. The number of hydrazine groups is 1. The minimum Gasteiger partial charge on any atom is -0.280 e. The molecule has 4 nitrogen and oxygen atoms in total. The molecule has 0 aliphatic rings. The van der Waals surface area contributed by atoms with Gasteiger partial charge in [-0.3, -0.25) is 16.4 Å². The summed E-state index contributed by atoms with van der Waals surface area (Å²) >= 11 is 3.19.